The second-order valence-corrected chi connectivity index (χ2v) is 8.22. The smallest absolute Gasteiger partial charge is 0.306 e. The number of ether oxygens (including phenoxy) is 1. The van der Waals surface area contributed by atoms with Crippen molar-refractivity contribution in [3.05, 3.63) is 47.4 Å². The fourth-order valence-electron chi connectivity index (χ4n) is 3.49. The van der Waals surface area contributed by atoms with Crippen molar-refractivity contribution >= 4 is 28.2 Å². The highest BCUT2D eigenvalue weighted by Gasteiger charge is 2.32. The summed E-state index contributed by atoms with van der Waals surface area (Å²) in [5.74, 6) is -0.587. The zero-order valence-corrected chi connectivity index (χ0v) is 17.7. The van der Waals surface area contributed by atoms with Gasteiger partial charge < -0.3 is 9.64 Å². The molecule has 2 heterocycles. The average molecular weight is 430 g/mol. The number of esters is 1. The number of carbonyl (C=O) groups is 2. The van der Waals surface area contributed by atoms with Gasteiger partial charge in [0.25, 0.3) is 0 Å². The second-order valence-electron chi connectivity index (χ2n) is 7.39. The first-order valence-corrected chi connectivity index (χ1v) is 11.1. The third kappa shape index (κ3) is 4.70. The molecule has 1 amide bonds. The van der Waals surface area contributed by atoms with E-state index in [9.17, 15) is 14.0 Å². The summed E-state index contributed by atoms with van der Waals surface area (Å²) >= 11 is 1.55. The number of hydrogen-bond acceptors (Lipinski definition) is 5. The molecule has 4 rings (SSSR count). The Morgan fingerprint density at radius 2 is 2.03 bits per heavy atom. The van der Waals surface area contributed by atoms with Crippen molar-refractivity contribution in [1.82, 2.24) is 14.3 Å². The lowest BCUT2D eigenvalue weighted by Gasteiger charge is -2.22. The van der Waals surface area contributed by atoms with E-state index in [1.54, 1.807) is 30.4 Å². The lowest BCUT2D eigenvalue weighted by Crippen LogP contribution is -2.35. The Labute approximate surface area is 178 Å². The number of fused-ring (bicyclic) bond motifs is 1. The monoisotopic (exact) mass is 429 g/mol. The number of halogens is 1. The van der Waals surface area contributed by atoms with E-state index in [0.717, 1.165) is 34.8 Å². The Balaban J connectivity index is 1.42. The minimum absolute atomic E-state index is 0.00894. The van der Waals surface area contributed by atoms with Crippen LogP contribution in [0.3, 0.4) is 0 Å². The van der Waals surface area contributed by atoms with E-state index in [1.165, 1.54) is 12.1 Å². The molecule has 0 atom stereocenters. The summed E-state index contributed by atoms with van der Waals surface area (Å²) in [5, 5.41) is 2.06. The highest BCUT2D eigenvalue weighted by atomic mass is 32.1. The molecule has 8 heteroatoms. The zero-order valence-electron chi connectivity index (χ0n) is 16.8. The highest BCUT2D eigenvalue weighted by molar-refractivity contribution is 7.15. The topological polar surface area (TPSA) is 63.9 Å². The van der Waals surface area contributed by atoms with Crippen molar-refractivity contribution in [1.29, 1.82) is 0 Å². The number of amides is 1. The maximum Gasteiger partial charge on any atom is 0.306 e. The molecule has 0 aliphatic heterocycles. The van der Waals surface area contributed by atoms with Crippen molar-refractivity contribution < 1.29 is 18.7 Å². The van der Waals surface area contributed by atoms with E-state index >= 15 is 0 Å². The quantitative estimate of drug-likeness (QED) is 0.481. The van der Waals surface area contributed by atoms with Crippen LogP contribution in [0.25, 0.3) is 16.2 Å². The number of rotatable bonds is 9. The van der Waals surface area contributed by atoms with Crippen LogP contribution in [-0.2, 0) is 20.7 Å². The van der Waals surface area contributed by atoms with Gasteiger partial charge in [0.2, 0.25) is 5.91 Å². The summed E-state index contributed by atoms with van der Waals surface area (Å²) in [6.45, 7) is 2.70. The Bertz CT molecular complexity index is 1040. The number of imidazole rings is 1. The summed E-state index contributed by atoms with van der Waals surface area (Å²) in [7, 11) is 0. The summed E-state index contributed by atoms with van der Waals surface area (Å²) in [4.78, 5) is 31.6. The maximum atomic E-state index is 13.2. The Kier molecular flexibility index (Phi) is 6.13. The highest BCUT2D eigenvalue weighted by Crippen LogP contribution is 2.29. The van der Waals surface area contributed by atoms with Crippen molar-refractivity contribution in [3.63, 3.8) is 0 Å². The van der Waals surface area contributed by atoms with Gasteiger partial charge in [0.05, 0.1) is 18.7 Å². The SMILES string of the molecule is CCOC(=O)CCC(=O)N(CCc1csc2nc(-c3ccc(F)cc3)cn12)C1CC1. The van der Waals surface area contributed by atoms with Gasteiger partial charge in [-0.1, -0.05) is 0 Å². The largest absolute Gasteiger partial charge is 0.466 e. The van der Waals surface area contributed by atoms with E-state index in [2.05, 4.69) is 10.4 Å². The molecule has 1 aromatic carbocycles. The summed E-state index contributed by atoms with van der Waals surface area (Å²) in [6.07, 6.45) is 5.02. The van der Waals surface area contributed by atoms with Gasteiger partial charge in [-0.2, -0.15) is 0 Å². The minimum atomic E-state index is -0.326. The van der Waals surface area contributed by atoms with Crippen LogP contribution in [0.5, 0.6) is 0 Å². The average Bonchev–Trinajstić information content (AvgIpc) is 3.37. The first kappa shape index (κ1) is 20.5. The second kappa shape index (κ2) is 8.95. The van der Waals surface area contributed by atoms with E-state index in [0.29, 0.717) is 19.6 Å². The van der Waals surface area contributed by atoms with Gasteiger partial charge in [0, 0.05) is 48.3 Å². The third-order valence-corrected chi connectivity index (χ3v) is 6.08. The Hall–Kier alpha value is -2.74. The first-order chi connectivity index (χ1) is 14.5. The lowest BCUT2D eigenvalue weighted by atomic mass is 10.2. The van der Waals surface area contributed by atoms with Gasteiger partial charge in [-0.3, -0.25) is 14.0 Å². The van der Waals surface area contributed by atoms with Gasteiger partial charge in [-0.05, 0) is 44.0 Å². The molecule has 1 aliphatic rings. The standard InChI is InChI=1S/C22H24FN3O3S/c1-2-29-21(28)10-9-20(27)25(17-7-8-17)12-11-18-14-30-22-24-19(13-26(18)22)15-3-5-16(23)6-4-15/h3-6,13-14,17H,2,7-12H2,1H3. The molecular formula is C22H24FN3O3S. The molecule has 1 saturated carbocycles. The van der Waals surface area contributed by atoms with Crippen molar-refractivity contribution in [2.75, 3.05) is 13.2 Å². The number of nitrogens with zero attached hydrogens (tertiary/aromatic N) is 3. The molecule has 0 saturated heterocycles. The molecule has 6 nitrogen and oxygen atoms in total. The number of aromatic nitrogens is 2. The molecule has 0 bridgehead atoms. The lowest BCUT2D eigenvalue weighted by molar-refractivity contribution is -0.145. The number of carbonyl (C=O) groups excluding carboxylic acids is 2. The van der Waals surface area contributed by atoms with Crippen LogP contribution in [0.1, 0.15) is 38.3 Å². The predicted octanol–water partition coefficient (Wildman–Crippen LogP) is 4.08. The molecule has 30 heavy (non-hydrogen) atoms. The summed E-state index contributed by atoms with van der Waals surface area (Å²) in [6, 6.07) is 6.58. The molecule has 0 spiro atoms. The molecular weight excluding hydrogens is 405 g/mol. The van der Waals surface area contributed by atoms with Crippen LogP contribution in [0, 0.1) is 5.82 Å². The molecule has 3 aromatic rings. The Morgan fingerprint density at radius 1 is 1.27 bits per heavy atom. The molecule has 0 N–H and O–H groups in total. The summed E-state index contributed by atoms with van der Waals surface area (Å²) < 4.78 is 20.1. The molecule has 1 fully saturated rings. The van der Waals surface area contributed by atoms with Crippen LogP contribution < -0.4 is 0 Å². The first-order valence-electron chi connectivity index (χ1n) is 10.2. The summed E-state index contributed by atoms with van der Waals surface area (Å²) in [5.41, 5.74) is 2.75. The van der Waals surface area contributed by atoms with Gasteiger partial charge in [0.1, 0.15) is 5.82 Å². The van der Waals surface area contributed by atoms with Crippen molar-refractivity contribution in [3.8, 4) is 11.3 Å². The third-order valence-electron chi connectivity index (χ3n) is 5.19. The van der Waals surface area contributed by atoms with Crippen molar-refractivity contribution in [2.24, 2.45) is 0 Å². The molecule has 0 radical (unpaired) electrons. The molecule has 158 valence electrons. The minimum Gasteiger partial charge on any atom is -0.466 e. The zero-order chi connectivity index (χ0) is 21.1. The number of thiazole rings is 1. The van der Waals surface area contributed by atoms with E-state index in [1.807, 2.05) is 15.5 Å². The molecule has 1 aliphatic carbocycles. The van der Waals surface area contributed by atoms with Gasteiger partial charge in [0.15, 0.2) is 4.96 Å². The molecule has 0 unspecified atom stereocenters. The van der Waals surface area contributed by atoms with Crippen LogP contribution >= 0.6 is 11.3 Å². The number of benzene rings is 1. The fraction of sp³-hybridized carbons (Fsp3) is 0.409. The van der Waals surface area contributed by atoms with Gasteiger partial charge >= 0.3 is 5.97 Å². The van der Waals surface area contributed by atoms with E-state index < -0.39 is 0 Å². The van der Waals surface area contributed by atoms with Crippen LogP contribution in [0.4, 0.5) is 4.39 Å². The molecule has 2 aromatic heterocycles. The van der Waals surface area contributed by atoms with Gasteiger partial charge in [-0.25, -0.2) is 9.37 Å². The van der Waals surface area contributed by atoms with Crippen LogP contribution in [0.2, 0.25) is 0 Å². The normalized spacial score (nSPS) is 13.5. The predicted molar refractivity (Wildman–Crippen MR) is 113 cm³/mol. The van der Waals surface area contributed by atoms with Crippen LogP contribution in [-0.4, -0.2) is 45.4 Å². The Morgan fingerprint density at radius 3 is 2.73 bits per heavy atom. The number of hydrogen-bond donors (Lipinski definition) is 0. The van der Waals surface area contributed by atoms with Gasteiger partial charge in [-0.15, -0.1) is 11.3 Å². The van der Waals surface area contributed by atoms with Crippen molar-refractivity contribution in [2.45, 2.75) is 45.1 Å². The van der Waals surface area contributed by atoms with E-state index in [4.69, 9.17) is 4.74 Å². The maximum absolute atomic E-state index is 13.2. The van der Waals surface area contributed by atoms with Crippen LogP contribution in [0.15, 0.2) is 35.8 Å². The van der Waals surface area contributed by atoms with E-state index in [-0.39, 0.29) is 36.6 Å². The fourth-order valence-corrected chi connectivity index (χ4v) is 4.39.